The maximum atomic E-state index is 13.3. The molecule has 0 saturated heterocycles. The Bertz CT molecular complexity index is 1080. The number of nitrogens with zero attached hydrogens (tertiary/aromatic N) is 1. The molecule has 0 bridgehead atoms. The lowest BCUT2D eigenvalue weighted by Crippen LogP contribution is -2.30. The fourth-order valence-corrected chi connectivity index (χ4v) is 4.54. The van der Waals surface area contributed by atoms with Crippen molar-refractivity contribution in [3.63, 3.8) is 0 Å². The van der Waals surface area contributed by atoms with Crippen LogP contribution in [0.3, 0.4) is 0 Å². The van der Waals surface area contributed by atoms with E-state index in [9.17, 15) is 13.2 Å². The van der Waals surface area contributed by atoms with Crippen LogP contribution < -0.4 is 5.32 Å². The Morgan fingerprint density at radius 1 is 0.867 bits per heavy atom. The average Bonchev–Trinajstić information content (AvgIpc) is 2.75. The van der Waals surface area contributed by atoms with Crippen LogP contribution in [0.25, 0.3) is 0 Å². The Labute approximate surface area is 182 Å². The van der Waals surface area contributed by atoms with E-state index in [4.69, 9.17) is 11.6 Å². The molecule has 0 atom stereocenters. The average molecular weight is 443 g/mol. The zero-order valence-corrected chi connectivity index (χ0v) is 18.2. The molecule has 156 valence electrons. The van der Waals surface area contributed by atoms with Crippen molar-refractivity contribution >= 4 is 27.5 Å². The second kappa shape index (κ2) is 9.89. The largest absolute Gasteiger partial charge is 0.352 e. The molecule has 3 aromatic carbocycles. The third-order valence-electron chi connectivity index (χ3n) is 4.57. The monoisotopic (exact) mass is 442 g/mol. The number of sulfonamides is 1. The molecule has 0 fully saturated rings. The Hall–Kier alpha value is -2.67. The highest BCUT2D eigenvalue weighted by Crippen LogP contribution is 2.23. The quantitative estimate of drug-likeness (QED) is 0.559. The van der Waals surface area contributed by atoms with Crippen LogP contribution in [0, 0.1) is 0 Å². The van der Waals surface area contributed by atoms with Crippen LogP contribution >= 0.6 is 11.6 Å². The summed E-state index contributed by atoms with van der Waals surface area (Å²) in [6, 6.07) is 22.5. The topological polar surface area (TPSA) is 66.5 Å². The molecule has 0 aliphatic carbocycles. The smallest absolute Gasteiger partial charge is 0.251 e. The molecule has 0 radical (unpaired) electrons. The second-order valence-corrected chi connectivity index (χ2v) is 9.14. The summed E-state index contributed by atoms with van der Waals surface area (Å²) < 4.78 is 28.1. The van der Waals surface area contributed by atoms with E-state index in [2.05, 4.69) is 5.32 Å². The molecule has 1 amide bonds. The lowest BCUT2D eigenvalue weighted by atomic mass is 10.1. The number of amides is 1. The highest BCUT2D eigenvalue weighted by atomic mass is 35.5. The van der Waals surface area contributed by atoms with Crippen LogP contribution in [-0.2, 0) is 23.1 Å². The molecule has 1 N–H and O–H groups in total. The summed E-state index contributed by atoms with van der Waals surface area (Å²) in [6.45, 7) is 2.81. The van der Waals surface area contributed by atoms with Crippen molar-refractivity contribution in [1.82, 2.24) is 9.62 Å². The minimum Gasteiger partial charge on any atom is -0.352 e. The first kappa shape index (κ1) is 22.0. The van der Waals surface area contributed by atoms with Gasteiger partial charge in [0.1, 0.15) is 0 Å². The maximum absolute atomic E-state index is 13.3. The van der Waals surface area contributed by atoms with E-state index in [0.29, 0.717) is 17.1 Å². The van der Waals surface area contributed by atoms with Gasteiger partial charge in [-0.05, 0) is 54.4 Å². The van der Waals surface area contributed by atoms with Crippen molar-refractivity contribution in [1.29, 1.82) is 0 Å². The van der Waals surface area contributed by atoms with E-state index < -0.39 is 10.0 Å². The van der Waals surface area contributed by atoms with Gasteiger partial charge in [0, 0.05) is 30.2 Å². The zero-order chi connectivity index (χ0) is 21.6. The fourth-order valence-electron chi connectivity index (χ4n) is 3.00. The first-order chi connectivity index (χ1) is 14.4. The summed E-state index contributed by atoms with van der Waals surface area (Å²) in [7, 11) is -3.75. The van der Waals surface area contributed by atoms with E-state index in [1.54, 1.807) is 36.4 Å². The highest BCUT2D eigenvalue weighted by Gasteiger charge is 2.25. The number of hydrogen-bond acceptors (Lipinski definition) is 3. The van der Waals surface area contributed by atoms with E-state index in [1.165, 1.54) is 16.4 Å². The van der Waals surface area contributed by atoms with Crippen molar-refractivity contribution in [2.24, 2.45) is 0 Å². The summed E-state index contributed by atoms with van der Waals surface area (Å²) in [6.07, 6.45) is 0. The minimum absolute atomic E-state index is 0.154. The summed E-state index contributed by atoms with van der Waals surface area (Å²) in [5, 5.41) is 3.23. The number of nitrogens with one attached hydrogen (secondary N) is 1. The SMILES string of the molecule is CCNC(=O)c1ccc(CN(Cc2ccccc2)S(=O)(=O)c2ccc(Cl)cc2)cc1. The van der Waals surface area contributed by atoms with E-state index in [0.717, 1.165) is 11.1 Å². The Kier molecular flexibility index (Phi) is 7.26. The van der Waals surface area contributed by atoms with Gasteiger partial charge in [0.05, 0.1) is 4.90 Å². The van der Waals surface area contributed by atoms with Crippen molar-refractivity contribution in [3.05, 3.63) is 101 Å². The zero-order valence-electron chi connectivity index (χ0n) is 16.6. The third-order valence-corrected chi connectivity index (χ3v) is 6.62. The van der Waals surface area contributed by atoms with E-state index in [-0.39, 0.29) is 23.9 Å². The molecule has 0 heterocycles. The maximum Gasteiger partial charge on any atom is 0.251 e. The van der Waals surface area contributed by atoms with Gasteiger partial charge < -0.3 is 5.32 Å². The number of carbonyl (C=O) groups excluding carboxylic acids is 1. The van der Waals surface area contributed by atoms with Crippen LogP contribution in [0.15, 0.2) is 83.8 Å². The van der Waals surface area contributed by atoms with Gasteiger partial charge in [0.2, 0.25) is 10.0 Å². The summed E-state index contributed by atoms with van der Waals surface area (Å²) in [5.41, 5.74) is 2.21. The Balaban J connectivity index is 1.90. The van der Waals surface area contributed by atoms with Gasteiger partial charge in [-0.1, -0.05) is 54.1 Å². The van der Waals surface area contributed by atoms with Crippen molar-refractivity contribution in [2.45, 2.75) is 24.9 Å². The minimum atomic E-state index is -3.75. The fraction of sp³-hybridized carbons (Fsp3) is 0.174. The lowest BCUT2D eigenvalue weighted by molar-refractivity contribution is 0.0956. The van der Waals surface area contributed by atoms with Crippen LogP contribution in [-0.4, -0.2) is 25.2 Å². The standard InChI is InChI=1S/C23H23ClN2O3S/c1-2-25-23(27)20-10-8-19(9-11-20)17-26(16-18-6-4-3-5-7-18)30(28,29)22-14-12-21(24)13-15-22/h3-15H,2,16-17H2,1H3,(H,25,27). The Morgan fingerprint density at radius 2 is 1.43 bits per heavy atom. The van der Waals surface area contributed by atoms with Crippen molar-refractivity contribution < 1.29 is 13.2 Å². The number of rotatable bonds is 8. The molecule has 0 aliphatic rings. The van der Waals surface area contributed by atoms with Gasteiger partial charge in [-0.15, -0.1) is 0 Å². The number of benzene rings is 3. The molecule has 5 nitrogen and oxygen atoms in total. The predicted octanol–water partition coefficient (Wildman–Crippen LogP) is 4.48. The summed E-state index contributed by atoms with van der Waals surface area (Å²) >= 11 is 5.92. The Morgan fingerprint density at radius 3 is 2.00 bits per heavy atom. The molecule has 0 aromatic heterocycles. The van der Waals surface area contributed by atoms with Crippen LogP contribution in [0.1, 0.15) is 28.4 Å². The van der Waals surface area contributed by atoms with Gasteiger partial charge in [-0.3, -0.25) is 4.79 Å². The molecular formula is C23H23ClN2O3S. The highest BCUT2D eigenvalue weighted by molar-refractivity contribution is 7.89. The number of halogens is 1. The molecule has 0 aliphatic heterocycles. The molecule has 3 rings (SSSR count). The molecular weight excluding hydrogens is 420 g/mol. The molecule has 30 heavy (non-hydrogen) atoms. The number of carbonyl (C=O) groups is 1. The van der Waals surface area contributed by atoms with E-state index >= 15 is 0 Å². The first-order valence-electron chi connectivity index (χ1n) is 9.57. The molecule has 0 unspecified atom stereocenters. The van der Waals surface area contributed by atoms with Gasteiger partial charge >= 0.3 is 0 Å². The normalized spacial score (nSPS) is 11.4. The van der Waals surface area contributed by atoms with Gasteiger partial charge in [0.25, 0.3) is 5.91 Å². The van der Waals surface area contributed by atoms with Crippen molar-refractivity contribution in [2.75, 3.05) is 6.54 Å². The molecule has 7 heteroatoms. The molecule has 0 saturated carbocycles. The van der Waals surface area contributed by atoms with Crippen LogP contribution in [0.5, 0.6) is 0 Å². The number of hydrogen-bond donors (Lipinski definition) is 1. The summed E-state index contributed by atoms with van der Waals surface area (Å²) in [4.78, 5) is 12.1. The lowest BCUT2D eigenvalue weighted by Gasteiger charge is -2.23. The predicted molar refractivity (Wildman–Crippen MR) is 119 cm³/mol. The van der Waals surface area contributed by atoms with Crippen molar-refractivity contribution in [3.8, 4) is 0 Å². The van der Waals surface area contributed by atoms with Crippen LogP contribution in [0.4, 0.5) is 0 Å². The molecule has 0 spiro atoms. The van der Waals surface area contributed by atoms with Gasteiger partial charge in [-0.2, -0.15) is 4.31 Å². The van der Waals surface area contributed by atoms with E-state index in [1.807, 2.05) is 37.3 Å². The third kappa shape index (κ3) is 5.48. The first-order valence-corrected chi connectivity index (χ1v) is 11.4. The van der Waals surface area contributed by atoms with Gasteiger partial charge in [-0.25, -0.2) is 8.42 Å². The van der Waals surface area contributed by atoms with Gasteiger partial charge in [0.15, 0.2) is 0 Å². The summed E-state index contributed by atoms with van der Waals surface area (Å²) in [5.74, 6) is -0.154. The van der Waals surface area contributed by atoms with Crippen LogP contribution in [0.2, 0.25) is 5.02 Å². The second-order valence-electron chi connectivity index (χ2n) is 6.77. The molecule has 3 aromatic rings.